The first-order valence-electron chi connectivity index (χ1n) is 8.65. The van der Waals surface area contributed by atoms with Crippen LogP contribution in [-0.2, 0) is 6.61 Å². The van der Waals surface area contributed by atoms with E-state index >= 15 is 0 Å². The van der Waals surface area contributed by atoms with E-state index in [0.717, 1.165) is 0 Å². The van der Waals surface area contributed by atoms with Gasteiger partial charge in [-0.3, -0.25) is 19.5 Å². The van der Waals surface area contributed by atoms with Gasteiger partial charge in [-0.1, -0.05) is 24.3 Å². The highest BCUT2D eigenvalue weighted by Gasteiger charge is 2.32. The first-order valence-corrected chi connectivity index (χ1v) is 8.65. The highest BCUT2D eigenvalue weighted by molar-refractivity contribution is 6.13. The Balaban J connectivity index is 1.66. The van der Waals surface area contributed by atoms with E-state index in [9.17, 15) is 14.9 Å². The van der Waals surface area contributed by atoms with Gasteiger partial charge in [-0.25, -0.2) is 4.98 Å². The number of rotatable bonds is 4. The summed E-state index contributed by atoms with van der Waals surface area (Å²) in [5, 5.41) is 12.0. The van der Waals surface area contributed by atoms with E-state index in [1.807, 2.05) is 30.3 Å². The third-order valence-electron chi connectivity index (χ3n) is 4.83. The highest BCUT2D eigenvalue weighted by Crippen LogP contribution is 2.41. The number of nitrogens with zero attached hydrogens (tertiary/aromatic N) is 3. The number of hydrogen-bond acceptors (Lipinski definition) is 5. The summed E-state index contributed by atoms with van der Waals surface area (Å²) in [4.78, 5) is 28.4. The van der Waals surface area contributed by atoms with E-state index in [1.165, 1.54) is 10.6 Å². The summed E-state index contributed by atoms with van der Waals surface area (Å²) in [5.74, 6) is 0.179. The summed E-state index contributed by atoms with van der Waals surface area (Å²) >= 11 is 0. The first-order chi connectivity index (χ1) is 13.6. The molecule has 0 saturated carbocycles. The molecular formula is C21H13N3O4. The Kier molecular flexibility index (Phi) is 3.48. The molecule has 2 aromatic carbocycles. The van der Waals surface area contributed by atoms with Gasteiger partial charge in [-0.05, 0) is 30.3 Å². The lowest BCUT2D eigenvalue weighted by atomic mass is 10.1. The minimum atomic E-state index is -0.440. The number of carbonyl (C=O) groups excluding carboxylic acids is 1. The van der Waals surface area contributed by atoms with Crippen LogP contribution in [0.1, 0.15) is 15.9 Å². The molecule has 0 radical (unpaired) electrons. The van der Waals surface area contributed by atoms with Crippen molar-refractivity contribution >= 4 is 22.5 Å². The normalized spacial score (nSPS) is 12.1. The zero-order valence-corrected chi connectivity index (χ0v) is 14.5. The summed E-state index contributed by atoms with van der Waals surface area (Å²) in [7, 11) is 0. The topological polar surface area (TPSA) is 87.3 Å². The molecule has 4 aromatic rings. The van der Waals surface area contributed by atoms with Crippen LogP contribution >= 0.6 is 0 Å². The molecule has 2 aromatic heterocycles. The van der Waals surface area contributed by atoms with Crippen LogP contribution in [-0.4, -0.2) is 20.4 Å². The number of aromatic nitrogens is 2. The molecule has 1 aliphatic rings. The molecule has 7 nitrogen and oxygen atoms in total. The van der Waals surface area contributed by atoms with Gasteiger partial charge in [0, 0.05) is 17.6 Å². The van der Waals surface area contributed by atoms with Crippen LogP contribution in [0.4, 0.5) is 5.69 Å². The second-order valence-corrected chi connectivity index (χ2v) is 6.42. The van der Waals surface area contributed by atoms with Crippen LogP contribution in [0, 0.1) is 10.1 Å². The standard InChI is InChI=1S/C21H13N3O4/c25-21-18-19(17-10-5-11-23(17)21)22-15-8-3-2-7-14(15)20(18)28-12-13-6-1-4-9-16(13)24(26)27/h1-11H,12H2. The Morgan fingerprint density at radius 3 is 2.68 bits per heavy atom. The number of pyridine rings is 1. The van der Waals surface area contributed by atoms with Crippen molar-refractivity contribution in [2.75, 3.05) is 0 Å². The lowest BCUT2D eigenvalue weighted by Gasteiger charge is -2.13. The molecule has 0 atom stereocenters. The monoisotopic (exact) mass is 371 g/mol. The molecular weight excluding hydrogens is 358 g/mol. The zero-order chi connectivity index (χ0) is 19.3. The van der Waals surface area contributed by atoms with Gasteiger partial charge in [0.15, 0.2) is 0 Å². The number of carbonyl (C=O) groups is 1. The lowest BCUT2D eigenvalue weighted by molar-refractivity contribution is -0.385. The van der Waals surface area contributed by atoms with Crippen LogP contribution in [0.5, 0.6) is 5.75 Å². The minimum Gasteiger partial charge on any atom is -0.487 e. The molecule has 0 aliphatic carbocycles. The molecule has 0 amide bonds. The van der Waals surface area contributed by atoms with Gasteiger partial charge < -0.3 is 4.74 Å². The average Bonchev–Trinajstić information content (AvgIpc) is 3.29. The lowest BCUT2D eigenvalue weighted by Crippen LogP contribution is -2.08. The van der Waals surface area contributed by atoms with Crippen LogP contribution < -0.4 is 4.74 Å². The van der Waals surface area contributed by atoms with E-state index in [2.05, 4.69) is 4.98 Å². The average molecular weight is 371 g/mol. The second-order valence-electron chi connectivity index (χ2n) is 6.42. The number of hydrogen-bond donors (Lipinski definition) is 0. The number of ether oxygens (including phenoxy) is 1. The molecule has 7 heteroatoms. The predicted molar refractivity (Wildman–Crippen MR) is 102 cm³/mol. The Morgan fingerprint density at radius 2 is 1.82 bits per heavy atom. The molecule has 0 fully saturated rings. The fourth-order valence-corrected chi connectivity index (χ4v) is 3.55. The van der Waals surface area contributed by atoms with Gasteiger partial charge in [0.2, 0.25) is 0 Å². The van der Waals surface area contributed by atoms with Gasteiger partial charge in [-0.15, -0.1) is 0 Å². The molecule has 0 unspecified atom stereocenters. The molecule has 0 bridgehead atoms. The summed E-state index contributed by atoms with van der Waals surface area (Å²) in [6.07, 6.45) is 1.69. The van der Waals surface area contributed by atoms with Crippen molar-refractivity contribution in [2.24, 2.45) is 0 Å². The molecule has 0 spiro atoms. The first kappa shape index (κ1) is 16.2. The summed E-state index contributed by atoms with van der Waals surface area (Å²) in [6, 6.07) is 17.4. The van der Waals surface area contributed by atoms with E-state index in [4.69, 9.17) is 4.74 Å². The van der Waals surface area contributed by atoms with Gasteiger partial charge in [0.25, 0.3) is 11.6 Å². The molecule has 5 rings (SSSR count). The second kappa shape index (κ2) is 6.02. The minimum absolute atomic E-state index is 0.0184. The fourth-order valence-electron chi connectivity index (χ4n) is 3.55. The fraction of sp³-hybridized carbons (Fsp3) is 0.0476. The van der Waals surface area contributed by atoms with E-state index in [0.29, 0.717) is 39.2 Å². The molecule has 136 valence electrons. The van der Waals surface area contributed by atoms with Crippen molar-refractivity contribution in [3.8, 4) is 17.1 Å². The predicted octanol–water partition coefficient (Wildman–Crippen LogP) is 4.19. The van der Waals surface area contributed by atoms with E-state index < -0.39 is 4.92 Å². The summed E-state index contributed by atoms with van der Waals surface area (Å²) in [5.41, 5.74) is 2.77. The Morgan fingerprint density at radius 1 is 1.04 bits per heavy atom. The highest BCUT2D eigenvalue weighted by atomic mass is 16.6. The van der Waals surface area contributed by atoms with Crippen molar-refractivity contribution in [3.63, 3.8) is 0 Å². The quantitative estimate of drug-likeness (QED) is 0.349. The Hall–Kier alpha value is -4.00. The van der Waals surface area contributed by atoms with Gasteiger partial charge >= 0.3 is 0 Å². The zero-order valence-electron chi connectivity index (χ0n) is 14.5. The van der Waals surface area contributed by atoms with Gasteiger partial charge in [0.1, 0.15) is 23.6 Å². The SMILES string of the molecule is O=C1c2c(nc3ccccc3c2OCc2ccccc2[N+](=O)[O-])-c2cccn21. The maximum atomic E-state index is 12.9. The molecule has 3 heterocycles. The summed E-state index contributed by atoms with van der Waals surface area (Å²) in [6.45, 7) is -0.0280. The Bertz CT molecular complexity index is 1280. The number of nitro groups is 1. The largest absolute Gasteiger partial charge is 0.487 e. The number of nitro benzene ring substituents is 1. The van der Waals surface area contributed by atoms with Gasteiger partial charge in [-0.2, -0.15) is 0 Å². The number of benzene rings is 2. The molecule has 0 saturated heterocycles. The van der Waals surface area contributed by atoms with Crippen molar-refractivity contribution in [3.05, 3.63) is 88.1 Å². The smallest absolute Gasteiger partial charge is 0.276 e. The van der Waals surface area contributed by atoms with Crippen LogP contribution in [0.3, 0.4) is 0 Å². The van der Waals surface area contributed by atoms with E-state index in [-0.39, 0.29) is 18.2 Å². The summed E-state index contributed by atoms with van der Waals surface area (Å²) < 4.78 is 7.57. The number of fused-ring (bicyclic) bond motifs is 4. The van der Waals surface area contributed by atoms with Crippen molar-refractivity contribution < 1.29 is 14.5 Å². The van der Waals surface area contributed by atoms with E-state index in [1.54, 1.807) is 30.5 Å². The molecule has 28 heavy (non-hydrogen) atoms. The third kappa shape index (κ3) is 2.30. The molecule has 1 aliphatic heterocycles. The van der Waals surface area contributed by atoms with Gasteiger partial charge in [0.05, 0.1) is 21.7 Å². The van der Waals surface area contributed by atoms with Crippen molar-refractivity contribution in [1.82, 2.24) is 9.55 Å². The van der Waals surface area contributed by atoms with Crippen molar-refractivity contribution in [2.45, 2.75) is 6.61 Å². The van der Waals surface area contributed by atoms with Crippen LogP contribution in [0.2, 0.25) is 0 Å². The Labute approximate surface area is 159 Å². The third-order valence-corrected chi connectivity index (χ3v) is 4.83. The van der Waals surface area contributed by atoms with Crippen LogP contribution in [0.15, 0.2) is 66.9 Å². The molecule has 0 N–H and O–H groups in total. The number of para-hydroxylation sites is 2. The maximum Gasteiger partial charge on any atom is 0.276 e. The maximum absolute atomic E-state index is 12.9. The van der Waals surface area contributed by atoms with Crippen molar-refractivity contribution in [1.29, 1.82) is 0 Å². The van der Waals surface area contributed by atoms with Crippen LogP contribution in [0.25, 0.3) is 22.3 Å².